The van der Waals surface area contributed by atoms with Gasteiger partial charge in [0.05, 0.1) is 26.4 Å². The first-order valence-corrected chi connectivity index (χ1v) is 8.17. The van der Waals surface area contributed by atoms with Crippen molar-refractivity contribution in [3.05, 3.63) is 35.4 Å². The highest BCUT2D eigenvalue weighted by molar-refractivity contribution is 7.85. The number of hydrogen-bond acceptors (Lipinski definition) is 5. The van der Waals surface area contributed by atoms with Gasteiger partial charge >= 0.3 is 5.97 Å². The van der Waals surface area contributed by atoms with Gasteiger partial charge in [0.1, 0.15) is 0 Å². The third-order valence-electron chi connectivity index (χ3n) is 3.02. The summed E-state index contributed by atoms with van der Waals surface area (Å²) in [6, 6.07) is 7.39. The Morgan fingerprint density at radius 1 is 1.25 bits per heavy atom. The second-order valence-electron chi connectivity index (χ2n) is 4.59. The van der Waals surface area contributed by atoms with E-state index >= 15 is 0 Å². The van der Waals surface area contributed by atoms with Gasteiger partial charge in [-0.2, -0.15) is 8.42 Å². The molecule has 1 unspecified atom stereocenters. The standard InChI is InChI=1S/C14H20O5S/c1-4-12(9-14(15)18-2)13-7-5-11(6-8-13)10-19-20(3,16)17/h5-8,12H,4,9-10H2,1-3H3. The smallest absolute Gasteiger partial charge is 0.306 e. The summed E-state index contributed by atoms with van der Waals surface area (Å²) in [5.41, 5.74) is 1.80. The average Bonchev–Trinajstić information content (AvgIpc) is 2.42. The Morgan fingerprint density at radius 3 is 2.30 bits per heavy atom. The Labute approximate surface area is 120 Å². The van der Waals surface area contributed by atoms with Crippen LogP contribution in [0.1, 0.15) is 36.8 Å². The number of methoxy groups -OCH3 is 1. The summed E-state index contributed by atoms with van der Waals surface area (Å²) in [5.74, 6) is -0.131. The van der Waals surface area contributed by atoms with Gasteiger partial charge in [-0.3, -0.25) is 8.98 Å². The molecule has 0 aliphatic heterocycles. The van der Waals surface area contributed by atoms with Crippen molar-refractivity contribution in [1.82, 2.24) is 0 Å². The van der Waals surface area contributed by atoms with Crippen molar-refractivity contribution in [2.45, 2.75) is 32.3 Å². The van der Waals surface area contributed by atoms with Crippen molar-refractivity contribution in [2.24, 2.45) is 0 Å². The Kier molecular flexibility index (Phi) is 6.16. The number of carbonyl (C=O) groups excluding carboxylic acids is 1. The molecule has 0 radical (unpaired) electrons. The number of benzene rings is 1. The van der Waals surface area contributed by atoms with Gasteiger partial charge in [0.2, 0.25) is 0 Å². The molecule has 0 aliphatic carbocycles. The first kappa shape index (κ1) is 16.7. The average molecular weight is 300 g/mol. The largest absolute Gasteiger partial charge is 0.469 e. The Hall–Kier alpha value is -1.40. The van der Waals surface area contributed by atoms with Gasteiger partial charge in [-0.25, -0.2) is 0 Å². The minimum atomic E-state index is -3.43. The summed E-state index contributed by atoms with van der Waals surface area (Å²) in [5, 5.41) is 0. The molecule has 0 fully saturated rings. The molecule has 112 valence electrons. The van der Waals surface area contributed by atoms with Gasteiger partial charge in [-0.1, -0.05) is 31.2 Å². The summed E-state index contributed by atoms with van der Waals surface area (Å²) < 4.78 is 31.2. The molecule has 1 aromatic rings. The van der Waals surface area contributed by atoms with Crippen LogP contribution in [-0.2, 0) is 30.4 Å². The van der Waals surface area contributed by atoms with E-state index in [1.807, 2.05) is 19.1 Å². The van der Waals surface area contributed by atoms with Crippen LogP contribution in [0, 0.1) is 0 Å². The third kappa shape index (κ3) is 5.71. The fourth-order valence-corrected chi connectivity index (χ4v) is 2.19. The summed E-state index contributed by atoms with van der Waals surface area (Å²) in [4.78, 5) is 11.3. The molecule has 0 saturated carbocycles. The summed E-state index contributed by atoms with van der Waals surface area (Å²) in [6.45, 7) is 2.03. The van der Waals surface area contributed by atoms with Crippen molar-refractivity contribution < 1.29 is 22.1 Å². The van der Waals surface area contributed by atoms with E-state index in [9.17, 15) is 13.2 Å². The van der Waals surface area contributed by atoms with Crippen LogP contribution in [0.15, 0.2) is 24.3 Å². The van der Waals surface area contributed by atoms with E-state index in [0.29, 0.717) is 6.42 Å². The number of rotatable bonds is 7. The minimum absolute atomic E-state index is 0.0207. The van der Waals surface area contributed by atoms with Crippen LogP contribution >= 0.6 is 0 Å². The van der Waals surface area contributed by atoms with Crippen molar-refractivity contribution in [1.29, 1.82) is 0 Å². The summed E-state index contributed by atoms with van der Waals surface area (Å²) in [7, 11) is -2.06. The third-order valence-corrected chi connectivity index (χ3v) is 3.57. The lowest BCUT2D eigenvalue weighted by Gasteiger charge is -2.14. The fourth-order valence-electron chi connectivity index (χ4n) is 1.84. The second-order valence-corrected chi connectivity index (χ2v) is 6.24. The lowest BCUT2D eigenvalue weighted by Crippen LogP contribution is -2.08. The normalized spacial score (nSPS) is 12.9. The predicted octanol–water partition coefficient (Wildman–Crippen LogP) is 2.22. The van der Waals surface area contributed by atoms with Crippen LogP contribution in [0.5, 0.6) is 0 Å². The maximum absolute atomic E-state index is 11.3. The summed E-state index contributed by atoms with van der Waals surface area (Å²) in [6.07, 6.45) is 2.19. The maximum atomic E-state index is 11.3. The maximum Gasteiger partial charge on any atom is 0.306 e. The van der Waals surface area contributed by atoms with E-state index in [2.05, 4.69) is 4.74 Å². The van der Waals surface area contributed by atoms with E-state index < -0.39 is 10.1 Å². The van der Waals surface area contributed by atoms with Crippen LogP contribution in [0.25, 0.3) is 0 Å². The van der Waals surface area contributed by atoms with Gasteiger partial charge in [-0.05, 0) is 23.5 Å². The molecule has 1 rings (SSSR count). The van der Waals surface area contributed by atoms with Crippen LogP contribution in [0.3, 0.4) is 0 Å². The molecule has 6 heteroatoms. The number of carbonyl (C=O) groups is 1. The highest BCUT2D eigenvalue weighted by Gasteiger charge is 2.14. The molecule has 5 nitrogen and oxygen atoms in total. The zero-order valence-electron chi connectivity index (χ0n) is 12.0. The molecule has 0 amide bonds. The Bertz CT molecular complexity index is 533. The number of ether oxygens (including phenoxy) is 1. The van der Waals surface area contributed by atoms with E-state index in [0.717, 1.165) is 23.8 Å². The topological polar surface area (TPSA) is 69.7 Å². The van der Waals surface area contributed by atoms with E-state index in [4.69, 9.17) is 4.18 Å². The lowest BCUT2D eigenvalue weighted by atomic mass is 9.93. The lowest BCUT2D eigenvalue weighted by molar-refractivity contribution is -0.141. The molecule has 0 N–H and O–H groups in total. The molecule has 0 spiro atoms. The molecule has 20 heavy (non-hydrogen) atoms. The minimum Gasteiger partial charge on any atom is -0.469 e. The van der Waals surface area contributed by atoms with Crippen molar-refractivity contribution >= 4 is 16.1 Å². The second kappa shape index (κ2) is 7.40. The molecular formula is C14H20O5S. The zero-order valence-corrected chi connectivity index (χ0v) is 12.8. The molecule has 1 aromatic carbocycles. The van der Waals surface area contributed by atoms with Gasteiger partial charge in [-0.15, -0.1) is 0 Å². The number of hydrogen-bond donors (Lipinski definition) is 0. The highest BCUT2D eigenvalue weighted by atomic mass is 32.2. The molecule has 0 saturated heterocycles. The number of esters is 1. The van der Waals surface area contributed by atoms with Crippen molar-refractivity contribution in [2.75, 3.05) is 13.4 Å². The SMILES string of the molecule is CCC(CC(=O)OC)c1ccc(COS(C)(=O)=O)cc1. The van der Waals surface area contributed by atoms with E-state index in [1.165, 1.54) is 7.11 Å². The van der Waals surface area contributed by atoms with Crippen LogP contribution in [0.4, 0.5) is 0 Å². The van der Waals surface area contributed by atoms with E-state index in [1.54, 1.807) is 12.1 Å². The van der Waals surface area contributed by atoms with Crippen LogP contribution in [-0.4, -0.2) is 27.8 Å². The molecule has 0 bridgehead atoms. The van der Waals surface area contributed by atoms with Crippen molar-refractivity contribution in [3.63, 3.8) is 0 Å². The molecule has 1 atom stereocenters. The summed E-state index contributed by atoms with van der Waals surface area (Å²) >= 11 is 0. The fraction of sp³-hybridized carbons (Fsp3) is 0.500. The van der Waals surface area contributed by atoms with Crippen molar-refractivity contribution in [3.8, 4) is 0 Å². The molecular weight excluding hydrogens is 280 g/mol. The highest BCUT2D eigenvalue weighted by Crippen LogP contribution is 2.24. The Morgan fingerprint density at radius 2 is 1.85 bits per heavy atom. The van der Waals surface area contributed by atoms with Gasteiger partial charge in [0.15, 0.2) is 0 Å². The first-order chi connectivity index (χ1) is 9.35. The monoisotopic (exact) mass is 300 g/mol. The van der Waals surface area contributed by atoms with Crippen LogP contribution < -0.4 is 0 Å². The Balaban J connectivity index is 2.71. The van der Waals surface area contributed by atoms with E-state index in [-0.39, 0.29) is 18.5 Å². The molecule has 0 heterocycles. The molecule has 0 aliphatic rings. The first-order valence-electron chi connectivity index (χ1n) is 6.35. The van der Waals surface area contributed by atoms with Crippen LogP contribution in [0.2, 0.25) is 0 Å². The van der Waals surface area contributed by atoms with Gasteiger partial charge in [0, 0.05) is 0 Å². The quantitative estimate of drug-likeness (QED) is 0.570. The van der Waals surface area contributed by atoms with Gasteiger partial charge in [0.25, 0.3) is 10.1 Å². The van der Waals surface area contributed by atoms with Gasteiger partial charge < -0.3 is 4.74 Å². The predicted molar refractivity (Wildman–Crippen MR) is 75.7 cm³/mol. The molecule has 0 aromatic heterocycles. The zero-order chi connectivity index (χ0) is 15.2.